The number of ether oxygens (including phenoxy) is 3. The first kappa shape index (κ1) is 24.5. The van der Waals surface area contributed by atoms with Crippen LogP contribution in [0.15, 0.2) is 18.2 Å². The Morgan fingerprint density at radius 3 is 2.91 bits per heavy atom. The number of unbranched alkanes of at least 4 members (excludes halogenated alkanes) is 2. The lowest BCUT2D eigenvalue weighted by Crippen LogP contribution is -2.28. The van der Waals surface area contributed by atoms with Gasteiger partial charge in [0.2, 0.25) is 0 Å². The van der Waals surface area contributed by atoms with E-state index in [0.29, 0.717) is 25.0 Å². The summed E-state index contributed by atoms with van der Waals surface area (Å²) in [6.45, 7) is 3.19. The van der Waals surface area contributed by atoms with Gasteiger partial charge in [-0.05, 0) is 73.5 Å². The van der Waals surface area contributed by atoms with Crippen molar-refractivity contribution < 1.29 is 29.2 Å². The largest absolute Gasteiger partial charge is 0.482 e. The molecule has 6 heteroatoms. The van der Waals surface area contributed by atoms with Gasteiger partial charge in [0.1, 0.15) is 11.9 Å². The summed E-state index contributed by atoms with van der Waals surface area (Å²) in [6.07, 6.45) is 8.57. The van der Waals surface area contributed by atoms with E-state index in [1.807, 2.05) is 12.1 Å². The van der Waals surface area contributed by atoms with Crippen molar-refractivity contribution in [3.8, 4) is 5.75 Å². The van der Waals surface area contributed by atoms with Crippen molar-refractivity contribution in [3.63, 3.8) is 0 Å². The molecule has 1 aliphatic heterocycles. The molecular formula is C27H40O6. The molecule has 1 heterocycles. The number of carbonyl (C=O) groups is 1. The number of hydrogen-bond donors (Lipinski definition) is 2. The normalized spacial score (nSPS) is 29.4. The van der Waals surface area contributed by atoms with Gasteiger partial charge < -0.3 is 24.4 Å². The second kappa shape index (κ2) is 11.7. The Labute approximate surface area is 197 Å². The molecular weight excluding hydrogens is 420 g/mol. The first-order chi connectivity index (χ1) is 16.0. The van der Waals surface area contributed by atoms with Gasteiger partial charge in [-0.1, -0.05) is 38.3 Å². The number of esters is 1. The van der Waals surface area contributed by atoms with Crippen LogP contribution in [0, 0.1) is 17.8 Å². The molecule has 6 atom stereocenters. The number of carbonyl (C=O) groups excluding carboxylic acids is 1. The Morgan fingerprint density at radius 1 is 1.24 bits per heavy atom. The highest BCUT2D eigenvalue weighted by molar-refractivity contribution is 5.71. The number of benzene rings is 1. The van der Waals surface area contributed by atoms with E-state index in [2.05, 4.69) is 13.0 Å². The van der Waals surface area contributed by atoms with Crippen molar-refractivity contribution in [1.82, 2.24) is 0 Å². The Hall–Kier alpha value is -1.63. The highest BCUT2D eigenvalue weighted by Crippen LogP contribution is 2.48. The van der Waals surface area contributed by atoms with Gasteiger partial charge in [-0.3, -0.25) is 0 Å². The van der Waals surface area contributed by atoms with E-state index in [-0.39, 0.29) is 36.8 Å². The van der Waals surface area contributed by atoms with E-state index in [0.717, 1.165) is 57.1 Å². The third-order valence-electron chi connectivity index (χ3n) is 7.85. The van der Waals surface area contributed by atoms with Crippen molar-refractivity contribution >= 4 is 5.97 Å². The van der Waals surface area contributed by atoms with E-state index < -0.39 is 0 Å². The second-order valence-corrected chi connectivity index (χ2v) is 10.2. The van der Waals surface area contributed by atoms with Gasteiger partial charge in [-0.15, -0.1) is 0 Å². The Balaban J connectivity index is 1.33. The predicted octanol–water partition coefficient (Wildman–Crippen LogP) is 3.83. The zero-order valence-corrected chi connectivity index (χ0v) is 19.9. The second-order valence-electron chi connectivity index (χ2n) is 10.2. The molecule has 184 valence electrons. The molecule has 3 aliphatic rings. The van der Waals surface area contributed by atoms with Crippen LogP contribution in [0.1, 0.15) is 69.4 Å². The standard InChI is InChI=1S/C27H40O6/c1-2-3-4-7-20(28)9-10-22-23-13-18-6-5-8-26(24(18)14-19(23)15-25(22)29)32-17-27(30)33-21-11-12-31-16-21/h5-6,8,19-23,25,28-29H,2-4,7,9-17H2,1H3/t19-,20+,21?,22+,23-,25+/m0/s1. The van der Waals surface area contributed by atoms with E-state index in [1.165, 1.54) is 24.0 Å². The fourth-order valence-corrected chi connectivity index (χ4v) is 6.06. The molecule has 0 aromatic heterocycles. The van der Waals surface area contributed by atoms with Crippen LogP contribution in [0.3, 0.4) is 0 Å². The average molecular weight is 461 g/mol. The summed E-state index contributed by atoms with van der Waals surface area (Å²) in [5.74, 6) is 1.51. The molecule has 4 rings (SSSR count). The van der Waals surface area contributed by atoms with Crippen LogP contribution in [0.25, 0.3) is 0 Å². The van der Waals surface area contributed by atoms with Gasteiger partial charge in [-0.25, -0.2) is 4.79 Å². The van der Waals surface area contributed by atoms with Crippen molar-refractivity contribution in [2.75, 3.05) is 19.8 Å². The fourth-order valence-electron chi connectivity index (χ4n) is 6.06. The maximum atomic E-state index is 12.2. The third kappa shape index (κ3) is 6.28. The molecule has 2 N–H and O–H groups in total. The van der Waals surface area contributed by atoms with Gasteiger partial charge >= 0.3 is 5.97 Å². The Morgan fingerprint density at radius 2 is 2.12 bits per heavy atom. The van der Waals surface area contributed by atoms with Gasteiger partial charge in [0.05, 0.1) is 25.4 Å². The van der Waals surface area contributed by atoms with E-state index in [9.17, 15) is 15.0 Å². The predicted molar refractivity (Wildman–Crippen MR) is 125 cm³/mol. The van der Waals surface area contributed by atoms with Crippen LogP contribution in [-0.4, -0.2) is 54.3 Å². The van der Waals surface area contributed by atoms with Crippen LogP contribution in [0.5, 0.6) is 5.75 Å². The molecule has 1 aromatic carbocycles. The highest BCUT2D eigenvalue weighted by atomic mass is 16.6. The minimum atomic E-state index is -0.356. The van der Waals surface area contributed by atoms with Crippen molar-refractivity contribution in [2.24, 2.45) is 17.8 Å². The third-order valence-corrected chi connectivity index (χ3v) is 7.85. The van der Waals surface area contributed by atoms with E-state index in [1.54, 1.807) is 0 Å². The van der Waals surface area contributed by atoms with E-state index in [4.69, 9.17) is 14.2 Å². The van der Waals surface area contributed by atoms with Crippen molar-refractivity contribution in [1.29, 1.82) is 0 Å². The molecule has 0 amide bonds. The highest BCUT2D eigenvalue weighted by Gasteiger charge is 2.44. The van der Waals surface area contributed by atoms with Crippen LogP contribution in [0.2, 0.25) is 0 Å². The molecule has 0 radical (unpaired) electrons. The lowest BCUT2D eigenvalue weighted by molar-refractivity contribution is -0.151. The Kier molecular flexibility index (Phi) is 8.67. The molecule has 2 aliphatic carbocycles. The molecule has 1 aromatic rings. The summed E-state index contributed by atoms with van der Waals surface area (Å²) < 4.78 is 16.6. The number of aliphatic hydroxyl groups excluding tert-OH is 2. The quantitative estimate of drug-likeness (QED) is 0.386. The van der Waals surface area contributed by atoms with Gasteiger partial charge in [-0.2, -0.15) is 0 Å². The Bertz CT molecular complexity index is 774. The first-order valence-electron chi connectivity index (χ1n) is 12.9. The number of fused-ring (bicyclic) bond motifs is 2. The maximum absolute atomic E-state index is 12.2. The maximum Gasteiger partial charge on any atom is 0.344 e. The summed E-state index contributed by atoms with van der Waals surface area (Å²) in [6, 6.07) is 6.07. The zero-order chi connectivity index (χ0) is 23.2. The molecule has 1 unspecified atom stereocenters. The zero-order valence-electron chi connectivity index (χ0n) is 19.9. The lowest BCUT2D eigenvalue weighted by Gasteiger charge is -2.32. The minimum Gasteiger partial charge on any atom is -0.482 e. The SMILES string of the molecule is CCCCC[C@@H](O)CC[C@@H]1[C@H]2Cc3cccc(OCC(=O)OC4CCOC4)c3C[C@H]2C[C@H]1O. The van der Waals surface area contributed by atoms with Crippen LogP contribution in [0.4, 0.5) is 0 Å². The van der Waals surface area contributed by atoms with Gasteiger partial charge in [0.25, 0.3) is 0 Å². The number of aliphatic hydroxyl groups is 2. The minimum absolute atomic E-state index is 0.0950. The fraction of sp³-hybridized carbons (Fsp3) is 0.741. The summed E-state index contributed by atoms with van der Waals surface area (Å²) in [7, 11) is 0. The summed E-state index contributed by atoms with van der Waals surface area (Å²) in [5.41, 5.74) is 2.43. The smallest absolute Gasteiger partial charge is 0.344 e. The molecule has 0 bridgehead atoms. The topological polar surface area (TPSA) is 85.2 Å². The lowest BCUT2D eigenvalue weighted by atomic mass is 9.73. The van der Waals surface area contributed by atoms with Crippen molar-refractivity contribution in [2.45, 2.75) is 89.4 Å². The van der Waals surface area contributed by atoms with Crippen LogP contribution >= 0.6 is 0 Å². The van der Waals surface area contributed by atoms with Crippen LogP contribution in [-0.2, 0) is 27.1 Å². The number of hydrogen-bond acceptors (Lipinski definition) is 6. The van der Waals surface area contributed by atoms with Crippen molar-refractivity contribution in [3.05, 3.63) is 29.3 Å². The summed E-state index contributed by atoms with van der Waals surface area (Å²) >= 11 is 0. The first-order valence-corrected chi connectivity index (χ1v) is 12.9. The summed E-state index contributed by atoms with van der Waals surface area (Å²) in [4.78, 5) is 12.2. The average Bonchev–Trinajstić information content (AvgIpc) is 3.41. The van der Waals surface area contributed by atoms with E-state index >= 15 is 0 Å². The van der Waals surface area contributed by atoms with Gasteiger partial charge in [0.15, 0.2) is 6.61 Å². The summed E-state index contributed by atoms with van der Waals surface area (Å²) in [5, 5.41) is 21.2. The molecule has 1 saturated heterocycles. The van der Waals surface area contributed by atoms with Gasteiger partial charge in [0, 0.05) is 6.42 Å². The van der Waals surface area contributed by atoms with Crippen LogP contribution < -0.4 is 4.74 Å². The molecule has 0 spiro atoms. The molecule has 1 saturated carbocycles. The molecule has 33 heavy (non-hydrogen) atoms. The monoisotopic (exact) mass is 460 g/mol. The molecule has 2 fully saturated rings. The number of rotatable bonds is 11. The molecule has 6 nitrogen and oxygen atoms in total.